The number of ether oxygens (including phenoxy) is 1. The third kappa shape index (κ3) is 7.69. The number of fused-ring (bicyclic) bond motifs is 1. The Morgan fingerprint density at radius 1 is 1.05 bits per heavy atom. The Morgan fingerprint density at radius 2 is 1.74 bits per heavy atom. The van der Waals surface area contributed by atoms with E-state index in [2.05, 4.69) is 4.98 Å². The highest BCUT2D eigenvalue weighted by atomic mass is 19.4. The Bertz CT molecular complexity index is 1300. The number of nitrogens with zero attached hydrogens (tertiary/aromatic N) is 3. The minimum atomic E-state index is -5.09. The van der Waals surface area contributed by atoms with Crippen LogP contribution in [-0.2, 0) is 12.7 Å². The van der Waals surface area contributed by atoms with E-state index in [9.17, 15) is 44.3 Å². The average Bonchev–Trinajstić information content (AvgIpc) is 3.28. The zero-order valence-corrected chi connectivity index (χ0v) is 20.5. The van der Waals surface area contributed by atoms with Crippen molar-refractivity contribution in [2.24, 2.45) is 0 Å². The normalized spacial score (nSPS) is 13.4. The number of imidazole rings is 1. The summed E-state index contributed by atoms with van der Waals surface area (Å²) in [7, 11) is 1.26. The molecule has 0 aliphatic rings. The molecule has 0 aliphatic heterocycles. The quantitative estimate of drug-likeness (QED) is 0.302. The molecule has 0 bridgehead atoms. The monoisotopic (exact) mass is 570 g/mol. The number of urea groups is 1. The fourth-order valence-electron chi connectivity index (χ4n) is 3.77. The maximum atomic E-state index is 13.3. The molecule has 39 heavy (non-hydrogen) atoms. The van der Waals surface area contributed by atoms with Crippen LogP contribution in [0.15, 0.2) is 42.7 Å². The molecule has 15 heteroatoms. The number of nitrogens with one attached hydrogen (secondary N) is 1. The number of halogens is 9. The van der Waals surface area contributed by atoms with Crippen molar-refractivity contribution in [3.05, 3.63) is 54.0 Å². The Balaban J connectivity index is 1.84. The number of alkyl halides is 9. The smallest absolute Gasteiger partial charge is 0.434 e. The molecule has 3 aromatic rings. The van der Waals surface area contributed by atoms with E-state index in [0.717, 1.165) is 15.5 Å². The van der Waals surface area contributed by atoms with Crippen molar-refractivity contribution in [2.45, 2.75) is 50.9 Å². The summed E-state index contributed by atoms with van der Waals surface area (Å²) in [5, 5.41) is 1.64. The minimum absolute atomic E-state index is 0.0556. The van der Waals surface area contributed by atoms with Crippen LogP contribution in [0, 0.1) is 0 Å². The van der Waals surface area contributed by atoms with Crippen molar-refractivity contribution in [1.82, 2.24) is 19.6 Å². The lowest BCUT2D eigenvalue weighted by Crippen LogP contribution is -2.50. The van der Waals surface area contributed by atoms with Crippen LogP contribution in [0.25, 0.3) is 16.8 Å². The van der Waals surface area contributed by atoms with Gasteiger partial charge in [0.05, 0.1) is 7.11 Å². The Morgan fingerprint density at radius 3 is 2.31 bits per heavy atom. The van der Waals surface area contributed by atoms with Gasteiger partial charge in [-0.1, -0.05) is 18.2 Å². The number of methoxy groups -OCH3 is 1. The molecule has 0 spiro atoms. The van der Waals surface area contributed by atoms with E-state index in [0.29, 0.717) is 16.7 Å². The standard InChI is InChI=1S/C24H23F9N4O2/c1-3-36(21(38)35-18(23(28,29)30)7-8-22(25,26)27)11-14-5-4-6-15(9-14)16-10-17(39-2)20-34-19(24(31,32)33)13-37(20)12-16/h4-6,9-10,12-13,18H,3,7-8,11H2,1-2H3,(H,35,38). The molecule has 0 fully saturated rings. The third-order valence-electron chi connectivity index (χ3n) is 5.74. The van der Waals surface area contributed by atoms with E-state index in [4.69, 9.17) is 4.74 Å². The van der Waals surface area contributed by atoms with Gasteiger partial charge in [0.1, 0.15) is 6.04 Å². The molecule has 1 aromatic carbocycles. The van der Waals surface area contributed by atoms with E-state index < -0.39 is 49.1 Å². The predicted octanol–water partition coefficient (Wildman–Crippen LogP) is 6.83. The van der Waals surface area contributed by atoms with Crippen LogP contribution in [0.2, 0.25) is 0 Å². The molecule has 6 nitrogen and oxygen atoms in total. The summed E-state index contributed by atoms with van der Waals surface area (Å²) < 4.78 is 123. The number of pyridine rings is 1. The third-order valence-corrected chi connectivity index (χ3v) is 5.74. The molecule has 3 rings (SSSR count). The molecule has 1 unspecified atom stereocenters. The second-order valence-electron chi connectivity index (χ2n) is 8.56. The van der Waals surface area contributed by atoms with Crippen LogP contribution < -0.4 is 10.1 Å². The predicted molar refractivity (Wildman–Crippen MR) is 122 cm³/mol. The van der Waals surface area contributed by atoms with Gasteiger partial charge in [0.2, 0.25) is 0 Å². The molecular weight excluding hydrogens is 547 g/mol. The summed E-state index contributed by atoms with van der Waals surface area (Å²) in [5.41, 5.74) is 0.171. The molecule has 0 aliphatic carbocycles. The molecule has 214 valence electrons. The summed E-state index contributed by atoms with van der Waals surface area (Å²) in [6, 6.07) is 3.91. The van der Waals surface area contributed by atoms with E-state index in [1.807, 2.05) is 0 Å². The summed E-state index contributed by atoms with van der Waals surface area (Å²) in [5.74, 6) is 0.0556. The van der Waals surface area contributed by atoms with Crippen molar-refractivity contribution in [1.29, 1.82) is 0 Å². The first-order valence-electron chi connectivity index (χ1n) is 11.4. The van der Waals surface area contributed by atoms with Gasteiger partial charge in [0.25, 0.3) is 0 Å². The molecule has 0 saturated carbocycles. The number of hydrogen-bond acceptors (Lipinski definition) is 3. The molecular formula is C24H23F9N4O2. The zero-order chi connectivity index (χ0) is 29.2. The van der Waals surface area contributed by atoms with Gasteiger partial charge >= 0.3 is 24.6 Å². The van der Waals surface area contributed by atoms with Gasteiger partial charge in [-0.3, -0.25) is 0 Å². The first kappa shape index (κ1) is 29.9. The highest BCUT2D eigenvalue weighted by Crippen LogP contribution is 2.33. The van der Waals surface area contributed by atoms with Crippen LogP contribution >= 0.6 is 0 Å². The summed E-state index contributed by atoms with van der Waals surface area (Å²) in [6.07, 6.45) is -15.5. The average molecular weight is 570 g/mol. The molecule has 0 radical (unpaired) electrons. The summed E-state index contributed by atoms with van der Waals surface area (Å²) in [4.78, 5) is 17.1. The lowest BCUT2D eigenvalue weighted by Gasteiger charge is -2.27. The largest absolute Gasteiger partial charge is 0.493 e. The second kappa shape index (κ2) is 11.2. The van der Waals surface area contributed by atoms with Gasteiger partial charge < -0.3 is 19.4 Å². The maximum absolute atomic E-state index is 13.3. The first-order valence-corrected chi connectivity index (χ1v) is 11.4. The highest BCUT2D eigenvalue weighted by Gasteiger charge is 2.43. The lowest BCUT2D eigenvalue weighted by molar-refractivity contribution is -0.171. The van der Waals surface area contributed by atoms with Gasteiger partial charge in [-0.2, -0.15) is 39.5 Å². The zero-order valence-electron chi connectivity index (χ0n) is 20.5. The van der Waals surface area contributed by atoms with E-state index in [1.165, 1.54) is 26.3 Å². The molecule has 2 heterocycles. The van der Waals surface area contributed by atoms with Crippen LogP contribution in [0.1, 0.15) is 31.0 Å². The van der Waals surface area contributed by atoms with Crippen molar-refractivity contribution >= 4 is 11.7 Å². The second-order valence-corrected chi connectivity index (χ2v) is 8.56. The number of aromatic nitrogens is 2. The Kier molecular flexibility index (Phi) is 8.60. The SMILES string of the molecule is CCN(Cc1cccc(-c2cc(OC)c3nc(C(F)(F)F)cn3c2)c1)C(=O)NC(CCC(F)(F)F)C(F)(F)F. The number of carbonyl (C=O) groups is 1. The van der Waals surface area contributed by atoms with Crippen molar-refractivity contribution < 1.29 is 49.0 Å². The van der Waals surface area contributed by atoms with Gasteiger partial charge in [0, 0.05) is 37.5 Å². The van der Waals surface area contributed by atoms with E-state index in [1.54, 1.807) is 29.6 Å². The maximum Gasteiger partial charge on any atom is 0.434 e. The molecule has 0 saturated heterocycles. The number of hydrogen-bond donors (Lipinski definition) is 1. The van der Waals surface area contributed by atoms with Crippen molar-refractivity contribution in [3.63, 3.8) is 0 Å². The molecule has 2 amide bonds. The number of carbonyl (C=O) groups excluding carboxylic acids is 1. The number of rotatable bonds is 8. The van der Waals surface area contributed by atoms with Crippen LogP contribution in [0.3, 0.4) is 0 Å². The summed E-state index contributed by atoms with van der Waals surface area (Å²) in [6.45, 7) is 1.23. The van der Waals surface area contributed by atoms with Crippen molar-refractivity contribution in [3.8, 4) is 16.9 Å². The van der Waals surface area contributed by atoms with E-state index in [-0.39, 0.29) is 24.5 Å². The molecule has 2 aromatic heterocycles. The van der Waals surface area contributed by atoms with E-state index >= 15 is 0 Å². The summed E-state index contributed by atoms with van der Waals surface area (Å²) >= 11 is 0. The van der Waals surface area contributed by atoms with Gasteiger partial charge in [0.15, 0.2) is 17.1 Å². The van der Waals surface area contributed by atoms with Gasteiger partial charge in [-0.15, -0.1) is 0 Å². The fraction of sp³-hybridized carbons (Fsp3) is 0.417. The Labute approximate surface area is 216 Å². The minimum Gasteiger partial charge on any atom is -0.493 e. The van der Waals surface area contributed by atoms with Crippen LogP contribution in [-0.4, -0.2) is 52.4 Å². The topological polar surface area (TPSA) is 58.9 Å². The van der Waals surface area contributed by atoms with Gasteiger partial charge in [-0.05, 0) is 36.6 Å². The van der Waals surface area contributed by atoms with Crippen LogP contribution in [0.4, 0.5) is 44.3 Å². The van der Waals surface area contributed by atoms with Crippen molar-refractivity contribution in [2.75, 3.05) is 13.7 Å². The number of benzene rings is 1. The van der Waals surface area contributed by atoms with Gasteiger partial charge in [-0.25, -0.2) is 9.78 Å². The highest BCUT2D eigenvalue weighted by molar-refractivity contribution is 5.75. The lowest BCUT2D eigenvalue weighted by atomic mass is 10.0. The number of amides is 2. The molecule has 1 N–H and O–H groups in total. The Hall–Kier alpha value is -3.65. The first-order chi connectivity index (χ1) is 18.0. The molecule has 1 atom stereocenters. The van der Waals surface area contributed by atoms with Crippen LogP contribution in [0.5, 0.6) is 5.75 Å². The fourth-order valence-corrected chi connectivity index (χ4v) is 3.77.